The molecular weight excluding hydrogens is 246 g/mol. The van der Waals surface area contributed by atoms with E-state index in [1.807, 2.05) is 7.05 Å². The van der Waals surface area contributed by atoms with E-state index in [2.05, 4.69) is 64.1 Å². The van der Waals surface area contributed by atoms with Gasteiger partial charge in [-0.15, -0.1) is 0 Å². The lowest BCUT2D eigenvalue weighted by Gasteiger charge is -2.26. The van der Waals surface area contributed by atoms with Crippen molar-refractivity contribution in [2.24, 2.45) is 0 Å². The summed E-state index contributed by atoms with van der Waals surface area (Å²) in [6.45, 7) is 2.94. The largest absolute Gasteiger partial charge is 0.379 e. The lowest BCUT2D eigenvalue weighted by molar-refractivity contribution is 0.723. The van der Waals surface area contributed by atoms with Gasteiger partial charge in [0.25, 0.3) is 0 Å². The van der Waals surface area contributed by atoms with Crippen molar-refractivity contribution in [3.8, 4) is 0 Å². The first kappa shape index (κ1) is 13.0. The SMILES string of the molecule is CNCCCN1c2ccccc2CNc2ccccc21. The third kappa shape index (κ3) is 2.49. The van der Waals surface area contributed by atoms with Crippen molar-refractivity contribution in [2.45, 2.75) is 13.0 Å². The molecule has 0 aliphatic carbocycles. The zero-order valence-electron chi connectivity index (χ0n) is 11.9. The predicted molar refractivity (Wildman–Crippen MR) is 85.8 cm³/mol. The molecular formula is C17H21N3. The standard InChI is InChI=1S/C17H21N3/c1-18-11-6-12-20-16-9-4-2-7-14(16)13-19-15-8-3-5-10-17(15)20/h2-5,7-10,18-19H,6,11-13H2,1H3. The van der Waals surface area contributed by atoms with Crippen molar-refractivity contribution in [3.05, 3.63) is 54.1 Å². The highest BCUT2D eigenvalue weighted by Crippen LogP contribution is 2.37. The zero-order valence-corrected chi connectivity index (χ0v) is 11.9. The van der Waals surface area contributed by atoms with Crippen molar-refractivity contribution in [1.29, 1.82) is 0 Å². The Labute approximate surface area is 120 Å². The van der Waals surface area contributed by atoms with E-state index in [1.54, 1.807) is 0 Å². The lowest BCUT2D eigenvalue weighted by atomic mass is 10.1. The molecule has 0 radical (unpaired) electrons. The maximum absolute atomic E-state index is 3.54. The van der Waals surface area contributed by atoms with Crippen LogP contribution in [0.4, 0.5) is 17.1 Å². The van der Waals surface area contributed by atoms with E-state index in [4.69, 9.17) is 0 Å². The maximum Gasteiger partial charge on any atom is 0.0646 e. The summed E-state index contributed by atoms with van der Waals surface area (Å²) in [5, 5.41) is 6.77. The molecule has 0 amide bonds. The molecule has 1 aliphatic rings. The van der Waals surface area contributed by atoms with Crippen molar-refractivity contribution in [1.82, 2.24) is 5.32 Å². The minimum atomic E-state index is 0.885. The summed E-state index contributed by atoms with van der Waals surface area (Å²) in [6.07, 6.45) is 1.12. The summed E-state index contributed by atoms with van der Waals surface area (Å²) < 4.78 is 0. The van der Waals surface area contributed by atoms with E-state index in [-0.39, 0.29) is 0 Å². The average Bonchev–Trinajstić information content (AvgIpc) is 2.66. The van der Waals surface area contributed by atoms with Crippen molar-refractivity contribution in [3.63, 3.8) is 0 Å². The molecule has 3 heteroatoms. The van der Waals surface area contributed by atoms with Crippen LogP contribution in [0, 0.1) is 0 Å². The zero-order chi connectivity index (χ0) is 13.8. The van der Waals surface area contributed by atoms with Gasteiger partial charge in [-0.1, -0.05) is 30.3 Å². The molecule has 0 atom stereocenters. The number of nitrogens with one attached hydrogen (secondary N) is 2. The summed E-state index contributed by atoms with van der Waals surface area (Å²) in [5.41, 5.74) is 5.16. The highest BCUT2D eigenvalue weighted by Gasteiger charge is 2.18. The van der Waals surface area contributed by atoms with Gasteiger partial charge in [0.1, 0.15) is 0 Å². The van der Waals surface area contributed by atoms with Crippen LogP contribution in [-0.4, -0.2) is 20.1 Å². The third-order valence-corrected chi connectivity index (χ3v) is 3.76. The lowest BCUT2D eigenvalue weighted by Crippen LogP contribution is -2.22. The fourth-order valence-electron chi connectivity index (χ4n) is 2.76. The van der Waals surface area contributed by atoms with Crippen LogP contribution in [-0.2, 0) is 6.54 Å². The highest BCUT2D eigenvalue weighted by atomic mass is 15.2. The molecule has 3 nitrogen and oxygen atoms in total. The van der Waals surface area contributed by atoms with E-state index >= 15 is 0 Å². The molecule has 0 saturated carbocycles. The van der Waals surface area contributed by atoms with Gasteiger partial charge in [-0.2, -0.15) is 0 Å². The van der Waals surface area contributed by atoms with E-state index in [9.17, 15) is 0 Å². The van der Waals surface area contributed by atoms with Crippen LogP contribution in [0.1, 0.15) is 12.0 Å². The summed E-state index contributed by atoms with van der Waals surface area (Å²) in [6, 6.07) is 17.2. The molecule has 0 aromatic heterocycles. The smallest absolute Gasteiger partial charge is 0.0646 e. The van der Waals surface area contributed by atoms with Gasteiger partial charge in [-0.3, -0.25) is 0 Å². The Kier molecular flexibility index (Phi) is 3.88. The number of rotatable bonds is 4. The first-order chi connectivity index (χ1) is 9.90. The quantitative estimate of drug-likeness (QED) is 0.832. The number of hydrogen-bond donors (Lipinski definition) is 2. The van der Waals surface area contributed by atoms with E-state index < -0.39 is 0 Å². The molecule has 20 heavy (non-hydrogen) atoms. The number of para-hydroxylation sites is 3. The second kappa shape index (κ2) is 5.97. The maximum atomic E-state index is 3.54. The van der Waals surface area contributed by atoms with Gasteiger partial charge in [0.15, 0.2) is 0 Å². The Hall–Kier alpha value is -2.00. The van der Waals surface area contributed by atoms with Gasteiger partial charge in [0, 0.05) is 18.8 Å². The molecule has 2 aromatic rings. The van der Waals surface area contributed by atoms with Crippen LogP contribution in [0.5, 0.6) is 0 Å². The van der Waals surface area contributed by atoms with Gasteiger partial charge in [0.2, 0.25) is 0 Å². The van der Waals surface area contributed by atoms with E-state index in [1.165, 1.54) is 22.6 Å². The van der Waals surface area contributed by atoms with Crippen LogP contribution in [0.25, 0.3) is 0 Å². The molecule has 0 saturated heterocycles. The molecule has 3 rings (SSSR count). The van der Waals surface area contributed by atoms with Gasteiger partial charge in [0.05, 0.1) is 11.4 Å². The molecule has 1 aliphatic heterocycles. The van der Waals surface area contributed by atoms with Crippen LogP contribution in [0.15, 0.2) is 48.5 Å². The normalized spacial score (nSPS) is 13.2. The van der Waals surface area contributed by atoms with Crippen LogP contribution < -0.4 is 15.5 Å². The molecule has 2 N–H and O–H groups in total. The predicted octanol–water partition coefficient (Wildman–Crippen LogP) is 3.36. The highest BCUT2D eigenvalue weighted by molar-refractivity contribution is 5.79. The summed E-state index contributed by atoms with van der Waals surface area (Å²) in [5.74, 6) is 0. The number of benzene rings is 2. The van der Waals surface area contributed by atoms with E-state index in [0.717, 1.165) is 26.1 Å². The molecule has 2 aromatic carbocycles. The van der Waals surface area contributed by atoms with Crippen LogP contribution in [0.2, 0.25) is 0 Å². The summed E-state index contributed by atoms with van der Waals surface area (Å²) >= 11 is 0. The Morgan fingerprint density at radius 2 is 1.80 bits per heavy atom. The van der Waals surface area contributed by atoms with Crippen molar-refractivity contribution in [2.75, 3.05) is 30.4 Å². The van der Waals surface area contributed by atoms with Crippen molar-refractivity contribution < 1.29 is 0 Å². The number of anilines is 3. The van der Waals surface area contributed by atoms with E-state index in [0.29, 0.717) is 0 Å². The second-order valence-corrected chi connectivity index (χ2v) is 5.11. The topological polar surface area (TPSA) is 27.3 Å². The van der Waals surface area contributed by atoms with Crippen LogP contribution >= 0.6 is 0 Å². The molecule has 0 unspecified atom stereocenters. The number of nitrogens with zero attached hydrogens (tertiary/aromatic N) is 1. The number of fused-ring (bicyclic) bond motifs is 2. The average molecular weight is 267 g/mol. The number of hydrogen-bond acceptors (Lipinski definition) is 3. The molecule has 104 valence electrons. The van der Waals surface area contributed by atoms with Crippen LogP contribution in [0.3, 0.4) is 0 Å². The minimum absolute atomic E-state index is 0.885. The summed E-state index contributed by atoms with van der Waals surface area (Å²) in [4.78, 5) is 2.43. The summed E-state index contributed by atoms with van der Waals surface area (Å²) in [7, 11) is 2.01. The first-order valence-corrected chi connectivity index (χ1v) is 7.23. The fraction of sp³-hybridized carbons (Fsp3) is 0.294. The molecule has 0 fully saturated rings. The van der Waals surface area contributed by atoms with Gasteiger partial charge in [-0.25, -0.2) is 0 Å². The first-order valence-electron chi connectivity index (χ1n) is 7.23. The molecule has 0 spiro atoms. The molecule has 1 heterocycles. The second-order valence-electron chi connectivity index (χ2n) is 5.11. The fourth-order valence-corrected chi connectivity index (χ4v) is 2.76. The van der Waals surface area contributed by atoms with Gasteiger partial charge in [-0.05, 0) is 43.8 Å². The monoisotopic (exact) mass is 267 g/mol. The van der Waals surface area contributed by atoms with Gasteiger partial charge >= 0.3 is 0 Å². The third-order valence-electron chi connectivity index (χ3n) is 3.76. The minimum Gasteiger partial charge on any atom is -0.379 e. The molecule has 0 bridgehead atoms. The Balaban J connectivity index is 2.00. The Morgan fingerprint density at radius 1 is 1.05 bits per heavy atom. The Bertz CT molecular complexity index is 532. The van der Waals surface area contributed by atoms with Crippen molar-refractivity contribution >= 4 is 17.1 Å². The van der Waals surface area contributed by atoms with Gasteiger partial charge < -0.3 is 15.5 Å². The Morgan fingerprint density at radius 3 is 2.65 bits per heavy atom.